The molecule has 6 rings (SSSR count). The first-order valence-corrected chi connectivity index (χ1v) is 16.5. The van der Waals surface area contributed by atoms with Crippen LogP contribution in [0.25, 0.3) is 0 Å². The van der Waals surface area contributed by atoms with Gasteiger partial charge in [0.1, 0.15) is 28.7 Å². The van der Waals surface area contributed by atoms with Gasteiger partial charge in [-0.15, -0.1) is 0 Å². The summed E-state index contributed by atoms with van der Waals surface area (Å²) in [5.41, 5.74) is 3.28. The minimum Gasteiger partial charge on any atom is -0.497 e. The minimum atomic E-state index is -3.80. The number of sulfone groups is 1. The molecule has 0 unspecified atom stereocenters. The van der Waals surface area contributed by atoms with Crippen molar-refractivity contribution in [3.63, 3.8) is 0 Å². The lowest BCUT2D eigenvalue weighted by atomic mass is 10.0. The molecule has 48 heavy (non-hydrogen) atoms. The number of ether oxygens (including phenoxy) is 3. The van der Waals surface area contributed by atoms with Gasteiger partial charge >= 0.3 is 0 Å². The van der Waals surface area contributed by atoms with E-state index in [0.717, 1.165) is 5.56 Å². The number of methoxy groups -OCH3 is 1. The fraction of sp³-hybridized carbons (Fsp3) is 0.0500. The van der Waals surface area contributed by atoms with Gasteiger partial charge in [-0.2, -0.15) is 0 Å². The molecule has 238 valence electrons. The van der Waals surface area contributed by atoms with Crippen LogP contribution in [0.3, 0.4) is 0 Å². The van der Waals surface area contributed by atoms with Crippen LogP contribution in [0.4, 0.5) is 0 Å². The highest BCUT2D eigenvalue weighted by Gasteiger charge is 2.18. The monoisotopic (exact) mass is 654 g/mol. The van der Waals surface area contributed by atoms with Gasteiger partial charge in [-0.05, 0) is 128 Å². The Morgan fingerprint density at radius 2 is 0.688 bits per heavy atom. The van der Waals surface area contributed by atoms with E-state index in [1.165, 1.54) is 24.3 Å². The zero-order valence-corrected chi connectivity index (χ0v) is 26.9. The molecule has 0 aromatic heterocycles. The lowest BCUT2D eigenvalue weighted by molar-refractivity contribution is 0.103. The van der Waals surface area contributed by atoms with E-state index >= 15 is 0 Å². The first-order valence-electron chi connectivity index (χ1n) is 15.0. The zero-order chi connectivity index (χ0) is 33.7. The summed E-state index contributed by atoms with van der Waals surface area (Å²) in [7, 11) is -2.23. The molecule has 8 heteroatoms. The van der Waals surface area contributed by atoms with Crippen LogP contribution >= 0.6 is 0 Å². The van der Waals surface area contributed by atoms with Gasteiger partial charge in [0.2, 0.25) is 9.84 Å². The average molecular weight is 655 g/mol. The molecule has 6 aromatic rings. The lowest BCUT2D eigenvalue weighted by Gasteiger charge is -2.10. The number of aryl methyl sites for hydroxylation is 1. The normalized spacial score (nSPS) is 11.0. The molecule has 0 atom stereocenters. The number of carbonyl (C=O) groups is 2. The quantitative estimate of drug-likeness (QED) is 0.129. The molecule has 0 N–H and O–H groups in total. The molecule has 0 heterocycles. The first kappa shape index (κ1) is 32.0. The van der Waals surface area contributed by atoms with Gasteiger partial charge in [-0.3, -0.25) is 9.59 Å². The first-order chi connectivity index (χ1) is 23.2. The average Bonchev–Trinajstić information content (AvgIpc) is 3.12. The van der Waals surface area contributed by atoms with Crippen molar-refractivity contribution in [2.75, 3.05) is 7.11 Å². The van der Waals surface area contributed by atoms with Crippen molar-refractivity contribution in [2.24, 2.45) is 0 Å². The Hall–Kier alpha value is -5.99. The predicted molar refractivity (Wildman–Crippen MR) is 182 cm³/mol. The molecule has 0 fully saturated rings. The third-order valence-electron chi connectivity index (χ3n) is 7.64. The third kappa shape index (κ3) is 7.19. The molecule has 0 aliphatic heterocycles. The Labute approximate surface area is 278 Å². The summed E-state index contributed by atoms with van der Waals surface area (Å²) in [6, 6.07) is 40.1. The maximum absolute atomic E-state index is 13.3. The van der Waals surface area contributed by atoms with Crippen molar-refractivity contribution in [1.82, 2.24) is 0 Å². The van der Waals surface area contributed by atoms with Crippen LogP contribution in [0.15, 0.2) is 155 Å². The second-order valence-corrected chi connectivity index (χ2v) is 12.9. The fourth-order valence-electron chi connectivity index (χ4n) is 4.91. The SMILES string of the molecule is COc1ccc(C(=O)c2ccc(Oc3ccc(S(=O)(=O)c4ccc(Oc5ccc(C(=O)c6ccc(C)cc6)cc5)cc4)cc3)cc2)cc1. The van der Waals surface area contributed by atoms with E-state index in [-0.39, 0.29) is 21.4 Å². The van der Waals surface area contributed by atoms with Gasteiger partial charge in [0.05, 0.1) is 16.9 Å². The van der Waals surface area contributed by atoms with Crippen molar-refractivity contribution in [2.45, 2.75) is 16.7 Å². The Balaban J connectivity index is 1.06. The van der Waals surface area contributed by atoms with E-state index in [4.69, 9.17) is 14.2 Å². The smallest absolute Gasteiger partial charge is 0.206 e. The summed E-state index contributed by atoms with van der Waals surface area (Å²) in [5, 5.41) is 0. The van der Waals surface area contributed by atoms with E-state index in [9.17, 15) is 18.0 Å². The van der Waals surface area contributed by atoms with Crippen molar-refractivity contribution in [3.8, 4) is 28.7 Å². The summed E-state index contributed by atoms with van der Waals surface area (Å²) < 4.78 is 43.5. The molecule has 0 bridgehead atoms. The third-order valence-corrected chi connectivity index (χ3v) is 9.42. The van der Waals surface area contributed by atoms with Gasteiger partial charge in [0.15, 0.2) is 11.6 Å². The summed E-state index contributed by atoms with van der Waals surface area (Å²) in [5.74, 6) is 2.37. The molecule has 0 aliphatic carbocycles. The maximum atomic E-state index is 13.3. The van der Waals surface area contributed by atoms with E-state index in [2.05, 4.69) is 0 Å². The molecule has 0 saturated carbocycles. The number of hydrogen-bond donors (Lipinski definition) is 0. The maximum Gasteiger partial charge on any atom is 0.206 e. The molecule has 0 radical (unpaired) electrons. The number of hydrogen-bond acceptors (Lipinski definition) is 7. The van der Waals surface area contributed by atoms with Crippen molar-refractivity contribution >= 4 is 21.4 Å². The van der Waals surface area contributed by atoms with Crippen LogP contribution in [-0.2, 0) is 9.84 Å². The number of ketones is 2. The molecule has 0 amide bonds. The molecule has 0 aliphatic rings. The summed E-state index contributed by atoms with van der Waals surface area (Å²) in [6.45, 7) is 1.97. The number of rotatable bonds is 11. The Bertz CT molecular complexity index is 2150. The molecule has 7 nitrogen and oxygen atoms in total. The number of carbonyl (C=O) groups excluding carboxylic acids is 2. The van der Waals surface area contributed by atoms with Crippen molar-refractivity contribution < 1.29 is 32.2 Å². The summed E-state index contributed by atoms with van der Waals surface area (Å²) >= 11 is 0. The highest BCUT2D eigenvalue weighted by molar-refractivity contribution is 7.91. The van der Waals surface area contributed by atoms with E-state index in [1.807, 2.05) is 19.1 Å². The predicted octanol–water partition coefficient (Wildman–Crippen LogP) is 8.88. The van der Waals surface area contributed by atoms with Gasteiger partial charge in [-0.1, -0.05) is 29.8 Å². The van der Waals surface area contributed by atoms with Gasteiger partial charge in [0.25, 0.3) is 0 Å². The van der Waals surface area contributed by atoms with Crippen LogP contribution in [0.5, 0.6) is 28.7 Å². The second kappa shape index (κ2) is 13.8. The largest absolute Gasteiger partial charge is 0.497 e. The standard InChI is InChI=1S/C40H30O7S/c1-27-3-5-28(6-4-27)39(41)30-9-15-33(16-10-30)46-35-19-23-37(24-20-35)48(43,44)38-25-21-36(22-26-38)47-34-17-11-31(12-18-34)40(42)29-7-13-32(45-2)14-8-29/h3-26H,1-2H3. The van der Waals surface area contributed by atoms with Gasteiger partial charge < -0.3 is 14.2 Å². The zero-order valence-electron chi connectivity index (χ0n) is 26.1. The van der Waals surface area contributed by atoms with E-state index in [1.54, 1.807) is 116 Å². The van der Waals surface area contributed by atoms with Gasteiger partial charge in [0, 0.05) is 22.3 Å². The van der Waals surface area contributed by atoms with E-state index in [0.29, 0.717) is 51.0 Å². The highest BCUT2D eigenvalue weighted by Crippen LogP contribution is 2.29. The second-order valence-electron chi connectivity index (χ2n) is 11.0. The van der Waals surface area contributed by atoms with Crippen LogP contribution in [0, 0.1) is 6.92 Å². The molecule has 0 saturated heterocycles. The molecule has 6 aromatic carbocycles. The van der Waals surface area contributed by atoms with Gasteiger partial charge in [-0.25, -0.2) is 8.42 Å². The van der Waals surface area contributed by atoms with Crippen LogP contribution < -0.4 is 14.2 Å². The summed E-state index contributed by atoms with van der Waals surface area (Å²) in [4.78, 5) is 25.8. The van der Waals surface area contributed by atoms with Crippen LogP contribution in [0.2, 0.25) is 0 Å². The summed E-state index contributed by atoms with van der Waals surface area (Å²) in [6.07, 6.45) is 0. The van der Waals surface area contributed by atoms with Crippen LogP contribution in [-0.4, -0.2) is 27.1 Å². The fourth-order valence-corrected chi connectivity index (χ4v) is 6.17. The molecular formula is C40H30O7S. The Kier molecular flexibility index (Phi) is 9.18. The van der Waals surface area contributed by atoms with Crippen LogP contribution in [0.1, 0.15) is 37.4 Å². The highest BCUT2D eigenvalue weighted by atomic mass is 32.2. The Morgan fingerprint density at radius 1 is 0.417 bits per heavy atom. The van der Waals surface area contributed by atoms with Crippen molar-refractivity contribution in [3.05, 3.63) is 173 Å². The molecular weight excluding hydrogens is 625 g/mol. The molecule has 0 spiro atoms. The lowest BCUT2D eigenvalue weighted by Crippen LogP contribution is -2.02. The van der Waals surface area contributed by atoms with E-state index < -0.39 is 9.84 Å². The topological polar surface area (TPSA) is 96.0 Å². The van der Waals surface area contributed by atoms with Crippen molar-refractivity contribution in [1.29, 1.82) is 0 Å². The number of benzene rings is 6. The Morgan fingerprint density at radius 3 is 1.00 bits per heavy atom. The minimum absolute atomic E-state index is 0.0799.